The summed E-state index contributed by atoms with van der Waals surface area (Å²) in [6.45, 7) is 4.36. The van der Waals surface area contributed by atoms with Crippen molar-refractivity contribution in [2.24, 2.45) is 11.3 Å². The van der Waals surface area contributed by atoms with Gasteiger partial charge in [-0.2, -0.15) is 0 Å². The molecule has 1 aliphatic carbocycles. The van der Waals surface area contributed by atoms with Crippen molar-refractivity contribution in [3.63, 3.8) is 0 Å². The van der Waals surface area contributed by atoms with E-state index in [1.54, 1.807) is 12.1 Å². The molecule has 0 N–H and O–H groups in total. The minimum atomic E-state index is -3.11. The molecule has 1 saturated heterocycles. The van der Waals surface area contributed by atoms with E-state index in [0.717, 1.165) is 38.8 Å². The summed E-state index contributed by atoms with van der Waals surface area (Å²) in [7, 11) is -3.11. The summed E-state index contributed by atoms with van der Waals surface area (Å²) in [6, 6.07) is 7.23. The van der Waals surface area contributed by atoms with Crippen LogP contribution >= 0.6 is 0 Å². The molecule has 0 unspecified atom stereocenters. The highest BCUT2D eigenvalue weighted by molar-refractivity contribution is 7.90. The average Bonchev–Trinajstić information content (AvgIpc) is 3.41. The minimum Gasteiger partial charge on any atom is -0.449 e. The summed E-state index contributed by atoms with van der Waals surface area (Å²) in [5.41, 5.74) is 1.44. The molecule has 1 amide bonds. The van der Waals surface area contributed by atoms with E-state index < -0.39 is 9.84 Å². The predicted octanol–water partition coefficient (Wildman–Crippen LogP) is 4.45. The Morgan fingerprint density at radius 2 is 1.79 bits per heavy atom. The number of likely N-dealkylation sites (tertiary alicyclic amines) is 1. The lowest BCUT2D eigenvalue weighted by Gasteiger charge is -2.31. The molecule has 3 rings (SSSR count). The molecule has 1 saturated carbocycles. The van der Waals surface area contributed by atoms with Crippen LogP contribution in [0.2, 0.25) is 0 Å². The molecule has 28 heavy (non-hydrogen) atoms. The SMILES string of the molecule is CC1(COC(=O)N2CCC(CCCCc3ccc(S(C)(=O)=O)cc3)CC2)CC1. The monoisotopic (exact) mass is 407 g/mol. The van der Waals surface area contributed by atoms with Crippen molar-refractivity contribution in [3.05, 3.63) is 29.8 Å². The van der Waals surface area contributed by atoms with Gasteiger partial charge in [-0.15, -0.1) is 0 Å². The van der Waals surface area contributed by atoms with Gasteiger partial charge in [-0.3, -0.25) is 0 Å². The highest BCUT2D eigenvalue weighted by Gasteiger charge is 2.39. The maximum absolute atomic E-state index is 12.1. The third-order valence-electron chi connectivity index (χ3n) is 6.20. The molecule has 0 atom stereocenters. The first-order valence-corrected chi connectivity index (χ1v) is 12.4. The van der Waals surface area contributed by atoms with Gasteiger partial charge in [0.25, 0.3) is 0 Å². The zero-order valence-electron chi connectivity index (χ0n) is 17.2. The number of piperidine rings is 1. The molecule has 0 aromatic heterocycles. The molecular weight excluding hydrogens is 374 g/mol. The maximum atomic E-state index is 12.1. The number of carbonyl (C=O) groups is 1. The first kappa shape index (κ1) is 21.2. The van der Waals surface area contributed by atoms with Crippen molar-refractivity contribution in [3.8, 4) is 0 Å². The van der Waals surface area contributed by atoms with Gasteiger partial charge in [-0.05, 0) is 62.1 Å². The molecule has 1 aromatic carbocycles. The van der Waals surface area contributed by atoms with Gasteiger partial charge in [0.2, 0.25) is 0 Å². The number of rotatable bonds is 8. The molecular formula is C22H33NO4S. The summed E-state index contributed by atoms with van der Waals surface area (Å²) in [6.07, 6.45) is 10.0. The fourth-order valence-corrected chi connectivity index (χ4v) is 4.39. The number of hydrogen-bond donors (Lipinski definition) is 0. The fourth-order valence-electron chi connectivity index (χ4n) is 3.75. The highest BCUT2D eigenvalue weighted by Crippen LogP contribution is 2.45. The summed E-state index contributed by atoms with van der Waals surface area (Å²) in [5.74, 6) is 0.692. The lowest BCUT2D eigenvalue weighted by Crippen LogP contribution is -2.39. The second-order valence-electron chi connectivity index (χ2n) is 8.96. The van der Waals surface area contributed by atoms with Crippen LogP contribution < -0.4 is 0 Å². The topological polar surface area (TPSA) is 63.7 Å². The predicted molar refractivity (Wildman–Crippen MR) is 110 cm³/mol. The number of aryl methyl sites for hydroxylation is 1. The maximum Gasteiger partial charge on any atom is 0.409 e. The van der Waals surface area contributed by atoms with Gasteiger partial charge in [0.1, 0.15) is 0 Å². The van der Waals surface area contributed by atoms with Gasteiger partial charge >= 0.3 is 6.09 Å². The number of unbranched alkanes of at least 4 members (excludes halogenated alkanes) is 1. The Morgan fingerprint density at radius 3 is 2.36 bits per heavy atom. The Morgan fingerprint density at radius 1 is 1.14 bits per heavy atom. The van der Waals surface area contributed by atoms with E-state index >= 15 is 0 Å². The van der Waals surface area contributed by atoms with Crippen LogP contribution in [0.5, 0.6) is 0 Å². The second kappa shape index (κ2) is 8.85. The smallest absolute Gasteiger partial charge is 0.409 e. The van der Waals surface area contributed by atoms with E-state index in [-0.39, 0.29) is 11.5 Å². The van der Waals surface area contributed by atoms with Crippen LogP contribution in [0.15, 0.2) is 29.2 Å². The number of amides is 1. The van der Waals surface area contributed by atoms with Crippen molar-refractivity contribution in [2.75, 3.05) is 26.0 Å². The number of nitrogens with zero attached hydrogens (tertiary/aromatic N) is 1. The molecule has 6 heteroatoms. The Bertz CT molecular complexity index is 760. The first-order valence-electron chi connectivity index (χ1n) is 10.5. The third-order valence-corrected chi connectivity index (χ3v) is 7.33. The summed E-state index contributed by atoms with van der Waals surface area (Å²) < 4.78 is 28.5. The number of sulfone groups is 1. The normalized spacial score (nSPS) is 19.4. The van der Waals surface area contributed by atoms with Crippen molar-refractivity contribution < 1.29 is 17.9 Å². The van der Waals surface area contributed by atoms with Crippen LogP contribution in [-0.4, -0.2) is 45.4 Å². The zero-order chi connectivity index (χ0) is 20.2. The number of benzene rings is 1. The van der Waals surface area contributed by atoms with Crippen molar-refractivity contribution >= 4 is 15.9 Å². The molecule has 0 spiro atoms. The third kappa shape index (κ3) is 6.23. The van der Waals surface area contributed by atoms with E-state index in [4.69, 9.17) is 4.74 Å². The van der Waals surface area contributed by atoms with Crippen LogP contribution in [0.1, 0.15) is 57.4 Å². The van der Waals surface area contributed by atoms with Gasteiger partial charge in [0.05, 0.1) is 11.5 Å². The van der Waals surface area contributed by atoms with Crippen molar-refractivity contribution in [2.45, 2.75) is 63.2 Å². The quantitative estimate of drug-likeness (QED) is 0.597. The Balaban J connectivity index is 1.29. The van der Waals surface area contributed by atoms with E-state index in [2.05, 4.69) is 6.92 Å². The number of ether oxygens (including phenoxy) is 1. The molecule has 2 aliphatic rings. The fraction of sp³-hybridized carbons (Fsp3) is 0.682. The summed E-state index contributed by atoms with van der Waals surface area (Å²) >= 11 is 0. The van der Waals surface area contributed by atoms with Gasteiger partial charge in [-0.25, -0.2) is 13.2 Å². The van der Waals surface area contributed by atoms with Crippen LogP contribution in [-0.2, 0) is 21.0 Å². The van der Waals surface area contributed by atoms with E-state index in [9.17, 15) is 13.2 Å². The van der Waals surface area contributed by atoms with Crippen LogP contribution in [0.3, 0.4) is 0 Å². The van der Waals surface area contributed by atoms with Gasteiger partial charge in [-0.1, -0.05) is 31.9 Å². The van der Waals surface area contributed by atoms with Crippen LogP contribution in [0, 0.1) is 11.3 Å². The van der Waals surface area contributed by atoms with Gasteiger partial charge < -0.3 is 9.64 Å². The van der Waals surface area contributed by atoms with Gasteiger partial charge in [0.15, 0.2) is 9.84 Å². The number of hydrogen-bond acceptors (Lipinski definition) is 4. The molecule has 0 bridgehead atoms. The molecule has 156 valence electrons. The minimum absolute atomic E-state index is 0.135. The first-order chi connectivity index (χ1) is 13.3. The average molecular weight is 408 g/mol. The van der Waals surface area contributed by atoms with Crippen molar-refractivity contribution in [1.82, 2.24) is 4.90 Å². The van der Waals surface area contributed by atoms with Crippen molar-refractivity contribution in [1.29, 1.82) is 0 Å². The molecule has 0 radical (unpaired) electrons. The van der Waals surface area contributed by atoms with E-state index in [1.807, 2.05) is 17.0 Å². The molecule has 1 aliphatic heterocycles. The Hall–Kier alpha value is -1.56. The van der Waals surface area contributed by atoms with Crippen LogP contribution in [0.25, 0.3) is 0 Å². The molecule has 5 nitrogen and oxygen atoms in total. The Kier molecular flexibility index (Phi) is 6.69. The van der Waals surface area contributed by atoms with Crippen LogP contribution in [0.4, 0.5) is 4.79 Å². The summed E-state index contributed by atoms with van der Waals surface area (Å²) in [4.78, 5) is 14.4. The summed E-state index contributed by atoms with van der Waals surface area (Å²) in [5, 5.41) is 0. The zero-order valence-corrected chi connectivity index (χ0v) is 18.0. The largest absolute Gasteiger partial charge is 0.449 e. The standard InChI is InChI=1S/C22H33NO4S/c1-22(13-14-22)17-27-21(24)23-15-11-19(12-16-23)6-4-3-5-18-7-9-20(10-8-18)28(2,25)26/h7-10,19H,3-6,11-17H2,1-2H3. The lowest BCUT2D eigenvalue weighted by molar-refractivity contribution is 0.0728. The Labute approximate surface area is 169 Å². The molecule has 1 aromatic rings. The van der Waals surface area contributed by atoms with E-state index in [1.165, 1.54) is 37.5 Å². The molecule has 2 fully saturated rings. The molecule has 1 heterocycles. The number of carbonyl (C=O) groups excluding carboxylic acids is 1. The van der Waals surface area contributed by atoms with Gasteiger partial charge in [0, 0.05) is 24.8 Å². The second-order valence-corrected chi connectivity index (χ2v) is 11.0. The van der Waals surface area contributed by atoms with E-state index in [0.29, 0.717) is 17.4 Å². The highest BCUT2D eigenvalue weighted by atomic mass is 32.2. The lowest BCUT2D eigenvalue weighted by atomic mass is 9.91.